The molecule has 2 aromatic rings. The van der Waals surface area contributed by atoms with Gasteiger partial charge in [-0.3, -0.25) is 9.69 Å². The van der Waals surface area contributed by atoms with E-state index in [-0.39, 0.29) is 11.9 Å². The van der Waals surface area contributed by atoms with Crippen LogP contribution in [0.4, 0.5) is 0 Å². The number of nitrogens with one attached hydrogen (secondary N) is 1. The molecule has 3 rings (SSSR count). The van der Waals surface area contributed by atoms with Crippen molar-refractivity contribution in [1.29, 1.82) is 0 Å². The number of amides is 1. The summed E-state index contributed by atoms with van der Waals surface area (Å²) in [5.74, 6) is -0.138. The lowest BCUT2D eigenvalue weighted by Gasteiger charge is -2.38. The van der Waals surface area contributed by atoms with Crippen LogP contribution in [0.1, 0.15) is 22.0 Å². The molecule has 1 unspecified atom stereocenters. The Morgan fingerprint density at radius 3 is 2.76 bits per heavy atom. The molecular weight excluding hydrogens is 422 g/mol. The molecule has 1 fully saturated rings. The van der Waals surface area contributed by atoms with Crippen molar-refractivity contribution in [3.63, 3.8) is 0 Å². The predicted octanol–water partition coefficient (Wildman–Crippen LogP) is 3.88. The number of piperazine rings is 1. The maximum absolute atomic E-state index is 12.6. The summed E-state index contributed by atoms with van der Waals surface area (Å²) in [6.45, 7) is 4.68. The zero-order chi connectivity index (χ0) is 17.8. The van der Waals surface area contributed by atoms with Crippen LogP contribution in [0.25, 0.3) is 0 Å². The fourth-order valence-electron chi connectivity index (χ4n) is 3.01. The van der Waals surface area contributed by atoms with Crippen molar-refractivity contribution in [3.05, 3.63) is 55.6 Å². The van der Waals surface area contributed by atoms with Crippen LogP contribution in [0.3, 0.4) is 0 Å². The normalized spacial score (nSPS) is 17.4. The van der Waals surface area contributed by atoms with Crippen molar-refractivity contribution < 1.29 is 4.79 Å². The molecule has 25 heavy (non-hydrogen) atoms. The Kier molecular flexibility index (Phi) is 6.52. The summed E-state index contributed by atoms with van der Waals surface area (Å²) >= 11 is 11.3. The first-order valence-corrected chi connectivity index (χ1v) is 10.3. The van der Waals surface area contributed by atoms with Gasteiger partial charge in [0.15, 0.2) is 0 Å². The minimum absolute atomic E-state index is 0.138. The third-order valence-electron chi connectivity index (χ3n) is 4.54. The van der Waals surface area contributed by atoms with Gasteiger partial charge >= 0.3 is 0 Å². The number of carbonyl (C=O) groups is 1. The Hall–Kier alpha value is -0.920. The molecule has 1 N–H and O–H groups in total. The van der Waals surface area contributed by atoms with E-state index in [1.165, 1.54) is 5.56 Å². The molecule has 134 valence electrons. The van der Waals surface area contributed by atoms with Crippen LogP contribution in [0, 0.1) is 0 Å². The molecule has 1 saturated heterocycles. The average molecular weight is 443 g/mol. The highest BCUT2D eigenvalue weighted by molar-refractivity contribution is 9.10. The maximum atomic E-state index is 12.6. The van der Waals surface area contributed by atoms with Gasteiger partial charge in [-0.2, -0.15) is 11.3 Å². The van der Waals surface area contributed by atoms with Crippen molar-refractivity contribution in [3.8, 4) is 0 Å². The highest BCUT2D eigenvalue weighted by atomic mass is 79.9. The number of hydrogen-bond acceptors (Lipinski definition) is 4. The summed E-state index contributed by atoms with van der Waals surface area (Å²) in [5.41, 5.74) is 1.76. The summed E-state index contributed by atoms with van der Waals surface area (Å²) in [5, 5.41) is 7.79. The summed E-state index contributed by atoms with van der Waals surface area (Å²) in [7, 11) is 2.15. The molecule has 0 aliphatic carbocycles. The molecule has 7 heteroatoms. The van der Waals surface area contributed by atoms with Gasteiger partial charge < -0.3 is 10.2 Å². The van der Waals surface area contributed by atoms with E-state index in [0.717, 1.165) is 30.7 Å². The van der Waals surface area contributed by atoms with Crippen LogP contribution in [0.5, 0.6) is 0 Å². The molecule has 0 bridgehead atoms. The summed E-state index contributed by atoms with van der Waals surface area (Å²) in [6, 6.07) is 7.66. The first-order chi connectivity index (χ1) is 12.0. The van der Waals surface area contributed by atoms with E-state index in [1.807, 2.05) is 6.07 Å². The molecule has 0 spiro atoms. The van der Waals surface area contributed by atoms with Gasteiger partial charge in [0.25, 0.3) is 5.91 Å². The quantitative estimate of drug-likeness (QED) is 0.763. The SMILES string of the molecule is CN1CCN(C(CNC(=O)c2cc(Br)ccc2Cl)c2ccsc2)CC1. The van der Waals surface area contributed by atoms with E-state index in [0.29, 0.717) is 17.1 Å². The highest BCUT2D eigenvalue weighted by Gasteiger charge is 2.25. The van der Waals surface area contributed by atoms with Crippen molar-refractivity contribution in [1.82, 2.24) is 15.1 Å². The molecule has 1 amide bonds. The Balaban J connectivity index is 1.70. The molecule has 1 aromatic carbocycles. The van der Waals surface area contributed by atoms with Gasteiger partial charge in [-0.1, -0.05) is 27.5 Å². The second kappa shape index (κ2) is 8.64. The van der Waals surface area contributed by atoms with Gasteiger partial charge in [0.05, 0.1) is 16.6 Å². The number of benzene rings is 1. The maximum Gasteiger partial charge on any atom is 0.252 e. The molecule has 1 aliphatic heterocycles. The third kappa shape index (κ3) is 4.83. The van der Waals surface area contributed by atoms with Crippen LogP contribution < -0.4 is 5.32 Å². The largest absolute Gasteiger partial charge is 0.350 e. The summed E-state index contributed by atoms with van der Waals surface area (Å²) < 4.78 is 0.843. The molecular formula is C18H21BrClN3OS. The van der Waals surface area contributed by atoms with E-state index in [4.69, 9.17) is 11.6 Å². The van der Waals surface area contributed by atoms with Gasteiger partial charge in [0.1, 0.15) is 0 Å². The van der Waals surface area contributed by atoms with E-state index < -0.39 is 0 Å². The Labute approximate surface area is 165 Å². The monoisotopic (exact) mass is 441 g/mol. The lowest BCUT2D eigenvalue weighted by Crippen LogP contribution is -2.48. The van der Waals surface area contributed by atoms with Crippen LogP contribution in [-0.4, -0.2) is 55.5 Å². The fourth-order valence-corrected chi connectivity index (χ4v) is 4.28. The highest BCUT2D eigenvalue weighted by Crippen LogP contribution is 2.25. The van der Waals surface area contributed by atoms with E-state index >= 15 is 0 Å². The second-order valence-electron chi connectivity index (χ2n) is 6.25. The molecule has 2 heterocycles. The van der Waals surface area contributed by atoms with Gasteiger partial charge in [-0.25, -0.2) is 0 Å². The van der Waals surface area contributed by atoms with E-state index in [2.05, 4.69) is 54.9 Å². The number of halogens is 2. The minimum atomic E-state index is -0.138. The molecule has 1 atom stereocenters. The van der Waals surface area contributed by atoms with Crippen LogP contribution in [0.15, 0.2) is 39.5 Å². The average Bonchev–Trinajstić information content (AvgIpc) is 3.13. The van der Waals surface area contributed by atoms with Gasteiger partial charge in [0.2, 0.25) is 0 Å². The Morgan fingerprint density at radius 2 is 2.08 bits per heavy atom. The molecule has 4 nitrogen and oxygen atoms in total. The predicted molar refractivity (Wildman–Crippen MR) is 108 cm³/mol. The first-order valence-electron chi connectivity index (χ1n) is 8.22. The standard InChI is InChI=1S/C18H21BrClN3OS/c1-22-5-7-23(8-6-22)17(13-4-9-25-12-13)11-21-18(24)15-10-14(19)2-3-16(15)20/h2-4,9-10,12,17H,5-8,11H2,1H3,(H,21,24). The lowest BCUT2D eigenvalue weighted by molar-refractivity contribution is 0.0887. The van der Waals surface area contributed by atoms with E-state index in [1.54, 1.807) is 23.5 Å². The zero-order valence-electron chi connectivity index (χ0n) is 14.0. The number of carbonyl (C=O) groups excluding carboxylic acids is 1. The van der Waals surface area contributed by atoms with Crippen LogP contribution >= 0.6 is 38.9 Å². The molecule has 0 radical (unpaired) electrons. The van der Waals surface area contributed by atoms with Crippen LogP contribution in [-0.2, 0) is 0 Å². The van der Waals surface area contributed by atoms with Crippen LogP contribution in [0.2, 0.25) is 5.02 Å². The number of rotatable bonds is 5. The van der Waals surface area contributed by atoms with Crippen molar-refractivity contribution >= 4 is 44.8 Å². The Morgan fingerprint density at radius 1 is 1.32 bits per heavy atom. The number of nitrogens with zero attached hydrogens (tertiary/aromatic N) is 2. The minimum Gasteiger partial charge on any atom is -0.350 e. The van der Waals surface area contributed by atoms with Gasteiger partial charge in [-0.15, -0.1) is 0 Å². The van der Waals surface area contributed by atoms with Crippen molar-refractivity contribution in [2.75, 3.05) is 39.8 Å². The number of thiophene rings is 1. The summed E-state index contributed by atoms with van der Waals surface area (Å²) in [6.07, 6.45) is 0. The Bertz CT molecular complexity index is 717. The van der Waals surface area contributed by atoms with Crippen molar-refractivity contribution in [2.24, 2.45) is 0 Å². The molecule has 1 aromatic heterocycles. The number of likely N-dealkylation sites (N-methyl/N-ethyl adjacent to an activating group) is 1. The van der Waals surface area contributed by atoms with Gasteiger partial charge in [-0.05, 0) is 47.6 Å². The zero-order valence-corrected chi connectivity index (χ0v) is 17.2. The number of hydrogen-bond donors (Lipinski definition) is 1. The second-order valence-corrected chi connectivity index (χ2v) is 8.35. The molecule has 0 saturated carbocycles. The third-order valence-corrected chi connectivity index (χ3v) is 6.06. The molecule has 1 aliphatic rings. The summed E-state index contributed by atoms with van der Waals surface area (Å²) in [4.78, 5) is 17.4. The lowest BCUT2D eigenvalue weighted by atomic mass is 10.1. The fraction of sp³-hybridized carbons (Fsp3) is 0.389. The first kappa shape index (κ1) is 18.9. The van der Waals surface area contributed by atoms with E-state index in [9.17, 15) is 4.79 Å². The van der Waals surface area contributed by atoms with Crippen molar-refractivity contribution in [2.45, 2.75) is 6.04 Å². The smallest absolute Gasteiger partial charge is 0.252 e. The topological polar surface area (TPSA) is 35.6 Å². The van der Waals surface area contributed by atoms with Gasteiger partial charge in [0, 0.05) is 37.2 Å².